The van der Waals surface area contributed by atoms with Crippen LogP contribution in [0.3, 0.4) is 0 Å². The Hall–Kier alpha value is -1.90. The van der Waals surface area contributed by atoms with Gasteiger partial charge in [-0.3, -0.25) is 4.55 Å². The van der Waals surface area contributed by atoms with Gasteiger partial charge in [0, 0.05) is 0 Å². The Balaban J connectivity index is 2.36. The maximum absolute atomic E-state index is 12.2. The molecule has 2 rings (SSSR count). The monoisotopic (exact) mass is 342 g/mol. The van der Waals surface area contributed by atoms with E-state index < -0.39 is 20.2 Å². The van der Waals surface area contributed by atoms with Crippen molar-refractivity contribution in [1.82, 2.24) is 0 Å². The molecule has 0 aliphatic carbocycles. The molecule has 0 atom stereocenters. The molecule has 0 heterocycles. The highest BCUT2D eigenvalue weighted by atomic mass is 32.2. The average molecular weight is 342 g/mol. The molecule has 0 radical (unpaired) electrons. The predicted molar refractivity (Wildman–Crippen MR) is 80.0 cm³/mol. The molecule has 0 aliphatic heterocycles. The van der Waals surface area contributed by atoms with Gasteiger partial charge in [-0.05, 0) is 49.7 Å². The van der Waals surface area contributed by atoms with E-state index in [2.05, 4.69) is 0 Å². The highest BCUT2D eigenvalue weighted by Crippen LogP contribution is 2.25. The summed E-state index contributed by atoms with van der Waals surface area (Å²) in [4.78, 5) is -0.332. The molecule has 0 amide bonds. The van der Waals surface area contributed by atoms with Gasteiger partial charge >= 0.3 is 10.1 Å². The van der Waals surface area contributed by atoms with Gasteiger partial charge < -0.3 is 4.18 Å². The summed E-state index contributed by atoms with van der Waals surface area (Å²) < 4.78 is 60.4. The third-order valence-corrected chi connectivity index (χ3v) is 5.05. The highest BCUT2D eigenvalue weighted by molar-refractivity contribution is 7.87. The third kappa shape index (κ3) is 3.65. The van der Waals surface area contributed by atoms with Crippen LogP contribution in [-0.2, 0) is 20.2 Å². The van der Waals surface area contributed by atoms with E-state index >= 15 is 0 Å². The molecule has 0 saturated carbocycles. The Morgan fingerprint density at radius 3 is 1.91 bits per heavy atom. The summed E-state index contributed by atoms with van der Waals surface area (Å²) in [6.07, 6.45) is 0. The van der Waals surface area contributed by atoms with Crippen molar-refractivity contribution >= 4 is 20.2 Å². The van der Waals surface area contributed by atoms with Gasteiger partial charge in [0.25, 0.3) is 10.1 Å². The van der Waals surface area contributed by atoms with Gasteiger partial charge in [0.15, 0.2) is 0 Å². The smallest absolute Gasteiger partial charge is 0.339 e. The average Bonchev–Trinajstić information content (AvgIpc) is 2.40. The van der Waals surface area contributed by atoms with Crippen LogP contribution in [0.1, 0.15) is 11.1 Å². The minimum atomic E-state index is -4.35. The number of rotatable bonds is 4. The standard InChI is InChI=1S/C14H14O6S2/c1-10-3-5-12(6-4-10)22(18,19)20-14-8-7-13(9-11(14)2)21(15,16)17/h3-9H,1-2H3,(H,15,16,17). The van der Waals surface area contributed by atoms with E-state index in [0.717, 1.165) is 17.7 Å². The van der Waals surface area contributed by atoms with Crippen molar-refractivity contribution in [3.8, 4) is 5.75 Å². The fourth-order valence-electron chi connectivity index (χ4n) is 1.75. The Kier molecular flexibility index (Phi) is 4.28. The van der Waals surface area contributed by atoms with Crippen molar-refractivity contribution in [3.05, 3.63) is 53.6 Å². The lowest BCUT2D eigenvalue weighted by Gasteiger charge is -2.10. The zero-order valence-corrected chi connectivity index (χ0v) is 13.5. The predicted octanol–water partition coefficient (Wildman–Crippen LogP) is 2.32. The summed E-state index contributed by atoms with van der Waals surface area (Å²) in [5.74, 6) is -0.00650. The van der Waals surface area contributed by atoms with E-state index in [0.29, 0.717) is 0 Å². The van der Waals surface area contributed by atoms with Crippen molar-refractivity contribution in [2.24, 2.45) is 0 Å². The van der Waals surface area contributed by atoms with Crippen molar-refractivity contribution in [3.63, 3.8) is 0 Å². The fourth-order valence-corrected chi connectivity index (χ4v) is 3.30. The van der Waals surface area contributed by atoms with Gasteiger partial charge in [-0.25, -0.2) is 0 Å². The number of aryl methyl sites for hydroxylation is 2. The first kappa shape index (κ1) is 16.5. The summed E-state index contributed by atoms with van der Waals surface area (Å²) >= 11 is 0. The lowest BCUT2D eigenvalue weighted by Crippen LogP contribution is -2.11. The van der Waals surface area contributed by atoms with Crippen molar-refractivity contribution in [1.29, 1.82) is 0 Å². The maximum atomic E-state index is 12.2. The molecule has 0 bridgehead atoms. The molecule has 22 heavy (non-hydrogen) atoms. The second kappa shape index (κ2) is 5.71. The molecule has 0 saturated heterocycles. The summed E-state index contributed by atoms with van der Waals surface area (Å²) in [6.45, 7) is 3.31. The first-order valence-corrected chi connectivity index (χ1v) is 9.04. The van der Waals surface area contributed by atoms with E-state index in [9.17, 15) is 16.8 Å². The fraction of sp³-hybridized carbons (Fsp3) is 0.143. The molecule has 0 unspecified atom stereocenters. The molecule has 1 N–H and O–H groups in total. The van der Waals surface area contributed by atoms with Crippen molar-refractivity contribution in [2.75, 3.05) is 0 Å². The van der Waals surface area contributed by atoms with Gasteiger partial charge in [0.05, 0.1) is 4.90 Å². The zero-order chi connectivity index (χ0) is 16.5. The molecule has 0 aromatic heterocycles. The summed E-state index contributed by atoms with van der Waals surface area (Å²) in [7, 11) is -8.36. The minimum Gasteiger partial charge on any atom is -0.379 e. The third-order valence-electron chi connectivity index (χ3n) is 2.95. The molecule has 2 aromatic carbocycles. The Morgan fingerprint density at radius 1 is 0.864 bits per heavy atom. The quantitative estimate of drug-likeness (QED) is 0.676. The summed E-state index contributed by atoms with van der Waals surface area (Å²) in [5, 5.41) is 0. The lowest BCUT2D eigenvalue weighted by atomic mass is 10.2. The molecular formula is C14H14O6S2. The van der Waals surface area contributed by atoms with Crippen LogP contribution in [0.25, 0.3) is 0 Å². The van der Waals surface area contributed by atoms with Crippen molar-refractivity contribution < 1.29 is 25.6 Å². The largest absolute Gasteiger partial charge is 0.379 e. The van der Waals surface area contributed by atoms with Crippen LogP contribution in [0, 0.1) is 13.8 Å². The molecule has 6 nitrogen and oxygen atoms in total. The van der Waals surface area contributed by atoms with Crippen molar-refractivity contribution in [2.45, 2.75) is 23.6 Å². The molecule has 2 aromatic rings. The van der Waals surface area contributed by atoms with Crippen LogP contribution in [0.15, 0.2) is 52.3 Å². The first-order valence-electron chi connectivity index (χ1n) is 6.19. The van der Waals surface area contributed by atoms with Gasteiger partial charge in [0.1, 0.15) is 10.6 Å². The normalized spacial score (nSPS) is 12.1. The summed E-state index contributed by atoms with van der Waals surface area (Å²) in [6, 6.07) is 9.52. The van der Waals surface area contributed by atoms with Gasteiger partial charge in [-0.1, -0.05) is 17.7 Å². The Bertz CT molecular complexity index is 897. The van der Waals surface area contributed by atoms with Crippen LogP contribution in [0.5, 0.6) is 5.75 Å². The summed E-state index contributed by atoms with van der Waals surface area (Å²) in [5.41, 5.74) is 1.18. The van der Waals surface area contributed by atoms with E-state index in [1.807, 2.05) is 6.92 Å². The topological polar surface area (TPSA) is 97.7 Å². The second-order valence-electron chi connectivity index (χ2n) is 4.75. The SMILES string of the molecule is Cc1ccc(S(=O)(=O)Oc2ccc(S(=O)(=O)O)cc2C)cc1. The van der Waals surface area contributed by atoms with Crippen LogP contribution in [0.4, 0.5) is 0 Å². The molecule has 0 fully saturated rings. The minimum absolute atomic E-state index is 0.00337. The number of hydrogen-bond donors (Lipinski definition) is 1. The van der Waals surface area contributed by atoms with E-state index in [-0.39, 0.29) is 21.1 Å². The van der Waals surface area contributed by atoms with Crippen LogP contribution >= 0.6 is 0 Å². The molecule has 0 spiro atoms. The zero-order valence-electron chi connectivity index (χ0n) is 11.8. The van der Waals surface area contributed by atoms with Gasteiger partial charge in [-0.2, -0.15) is 16.8 Å². The van der Waals surface area contributed by atoms with E-state index in [1.165, 1.54) is 25.1 Å². The Labute approximate surface area is 129 Å². The second-order valence-corrected chi connectivity index (χ2v) is 7.72. The molecule has 8 heteroatoms. The van der Waals surface area contributed by atoms with E-state index in [1.54, 1.807) is 12.1 Å². The van der Waals surface area contributed by atoms with Gasteiger partial charge in [0.2, 0.25) is 0 Å². The van der Waals surface area contributed by atoms with Gasteiger partial charge in [-0.15, -0.1) is 0 Å². The highest BCUT2D eigenvalue weighted by Gasteiger charge is 2.19. The molecule has 118 valence electrons. The first-order chi connectivity index (χ1) is 10.1. The van der Waals surface area contributed by atoms with E-state index in [4.69, 9.17) is 8.74 Å². The number of benzene rings is 2. The van der Waals surface area contributed by atoms with Crippen LogP contribution in [0.2, 0.25) is 0 Å². The Morgan fingerprint density at radius 2 is 1.41 bits per heavy atom. The van der Waals surface area contributed by atoms with Crippen LogP contribution in [-0.4, -0.2) is 21.4 Å². The molecular weight excluding hydrogens is 328 g/mol. The lowest BCUT2D eigenvalue weighted by molar-refractivity contribution is 0.481. The number of hydrogen-bond acceptors (Lipinski definition) is 5. The maximum Gasteiger partial charge on any atom is 0.339 e. The van der Waals surface area contributed by atoms with Crippen LogP contribution < -0.4 is 4.18 Å². The molecule has 0 aliphatic rings.